The monoisotopic (exact) mass is 724 g/mol. The average Bonchev–Trinajstić information content (AvgIpc) is 3.31. The lowest BCUT2D eigenvalue weighted by atomic mass is 10.0. The minimum absolute atomic E-state index is 0.0361. The molecule has 0 spiro atoms. The van der Waals surface area contributed by atoms with E-state index in [1.807, 2.05) is 54.6 Å². The van der Waals surface area contributed by atoms with Crippen LogP contribution in [0.15, 0.2) is 97.1 Å². The summed E-state index contributed by atoms with van der Waals surface area (Å²) in [7, 11) is 0. The first-order chi connectivity index (χ1) is 25.3. The predicted molar refractivity (Wildman–Crippen MR) is 188 cm³/mol. The molecule has 2 heterocycles. The number of hydrogen-bond donors (Lipinski definition) is 1. The third kappa shape index (κ3) is 7.79. The Morgan fingerprint density at radius 2 is 1.58 bits per heavy atom. The van der Waals surface area contributed by atoms with E-state index in [-0.39, 0.29) is 31.3 Å². The minimum Gasteiger partial charge on any atom is -0.445 e. The van der Waals surface area contributed by atoms with Crippen molar-refractivity contribution in [2.24, 2.45) is 0 Å². The molecule has 2 aliphatic rings. The van der Waals surface area contributed by atoms with E-state index >= 15 is 0 Å². The van der Waals surface area contributed by atoms with E-state index in [0.29, 0.717) is 47.5 Å². The molecule has 2 fully saturated rings. The summed E-state index contributed by atoms with van der Waals surface area (Å²) in [5.74, 6) is -0.898. The molecule has 1 N–H and O–H groups in total. The van der Waals surface area contributed by atoms with Gasteiger partial charge in [-0.05, 0) is 66.9 Å². The summed E-state index contributed by atoms with van der Waals surface area (Å²) in [5, 5.41) is 12.5. The van der Waals surface area contributed by atoms with E-state index in [9.17, 15) is 37.6 Å². The molecule has 0 unspecified atom stereocenters. The molecule has 272 valence electrons. The molecule has 2 aliphatic heterocycles. The number of nitriles is 1. The number of amides is 5. The van der Waals surface area contributed by atoms with Crippen molar-refractivity contribution < 1.29 is 37.1 Å². The van der Waals surface area contributed by atoms with Crippen molar-refractivity contribution in [2.75, 3.05) is 29.9 Å². The molecule has 0 bridgehead atoms. The number of hydrogen-bond acceptors (Lipinski definition) is 7. The second kappa shape index (κ2) is 14.7. The van der Waals surface area contributed by atoms with Crippen LogP contribution in [0.3, 0.4) is 0 Å². The largest absolute Gasteiger partial charge is 0.445 e. The van der Waals surface area contributed by atoms with Crippen LogP contribution < -0.4 is 10.2 Å². The highest BCUT2D eigenvalue weighted by Gasteiger charge is 2.52. The number of nitrogens with one attached hydrogen (secondary N) is 1. The Balaban J connectivity index is 1.09. The maximum absolute atomic E-state index is 13.7. The van der Waals surface area contributed by atoms with Gasteiger partial charge in [0.2, 0.25) is 5.91 Å². The van der Waals surface area contributed by atoms with Gasteiger partial charge in [-0.1, -0.05) is 60.7 Å². The molecule has 6 rings (SSSR count). The van der Waals surface area contributed by atoms with Crippen LogP contribution in [0.25, 0.3) is 0 Å². The summed E-state index contributed by atoms with van der Waals surface area (Å²) in [6.07, 6.45) is -5.40. The lowest BCUT2D eigenvalue weighted by molar-refractivity contribution is -0.138. The van der Waals surface area contributed by atoms with E-state index in [1.165, 1.54) is 29.7 Å². The van der Waals surface area contributed by atoms with Gasteiger partial charge in [0.1, 0.15) is 18.7 Å². The Morgan fingerprint density at radius 1 is 0.887 bits per heavy atom. The number of imide groups is 1. The van der Waals surface area contributed by atoms with Gasteiger partial charge in [0, 0.05) is 31.0 Å². The third-order valence-electron chi connectivity index (χ3n) is 9.24. The van der Waals surface area contributed by atoms with Crippen LogP contribution in [0.4, 0.5) is 39.8 Å². The number of ether oxygens (including phenoxy) is 1. The van der Waals surface area contributed by atoms with Crippen LogP contribution in [0.2, 0.25) is 0 Å². The number of carbonyl (C=O) groups is 4. The number of rotatable bonds is 9. The molecular formula is C39H35F3N6O5. The SMILES string of the molecule is CC1(C)C(=O)N(c2ccc(C#N)c(C(F)(F)F)c2)C(=O)N1Cc1ccccc1Nc1ccc(CN2CCN(C(=O)OCc3ccccc3)CC2=O)cc1. The van der Waals surface area contributed by atoms with Gasteiger partial charge in [-0.2, -0.15) is 18.4 Å². The van der Waals surface area contributed by atoms with Gasteiger partial charge >= 0.3 is 18.3 Å². The zero-order valence-corrected chi connectivity index (χ0v) is 28.9. The molecule has 0 atom stereocenters. The number of piperazine rings is 1. The second-order valence-electron chi connectivity index (χ2n) is 13.2. The number of halogens is 3. The highest BCUT2D eigenvalue weighted by atomic mass is 19.4. The summed E-state index contributed by atoms with van der Waals surface area (Å²) in [4.78, 5) is 57.7. The normalized spacial score (nSPS) is 15.8. The predicted octanol–water partition coefficient (Wildman–Crippen LogP) is 7.05. The second-order valence-corrected chi connectivity index (χ2v) is 13.2. The highest BCUT2D eigenvalue weighted by Crippen LogP contribution is 2.39. The molecule has 4 aromatic rings. The summed E-state index contributed by atoms with van der Waals surface area (Å²) in [6.45, 7) is 4.11. The molecule has 14 heteroatoms. The van der Waals surface area contributed by atoms with Crippen LogP contribution >= 0.6 is 0 Å². The number of anilines is 3. The van der Waals surface area contributed by atoms with E-state index in [2.05, 4.69) is 5.32 Å². The molecule has 2 saturated heterocycles. The maximum Gasteiger partial charge on any atom is 0.417 e. The number of urea groups is 1. The smallest absolute Gasteiger partial charge is 0.417 e. The topological polar surface area (TPSA) is 126 Å². The van der Waals surface area contributed by atoms with E-state index in [4.69, 9.17) is 4.74 Å². The van der Waals surface area contributed by atoms with Crippen molar-refractivity contribution >= 4 is 41.0 Å². The van der Waals surface area contributed by atoms with Gasteiger partial charge in [-0.15, -0.1) is 0 Å². The van der Waals surface area contributed by atoms with Crippen molar-refractivity contribution in [1.29, 1.82) is 5.26 Å². The fourth-order valence-electron chi connectivity index (χ4n) is 6.19. The Kier molecular flexibility index (Phi) is 10.1. The highest BCUT2D eigenvalue weighted by molar-refractivity contribution is 6.23. The first-order valence-electron chi connectivity index (χ1n) is 16.7. The fraction of sp³-hybridized carbons (Fsp3) is 0.256. The van der Waals surface area contributed by atoms with E-state index in [0.717, 1.165) is 23.3 Å². The van der Waals surface area contributed by atoms with Gasteiger partial charge in [0.25, 0.3) is 5.91 Å². The average molecular weight is 725 g/mol. The molecule has 0 aromatic heterocycles. The van der Waals surface area contributed by atoms with Crippen LogP contribution in [-0.4, -0.2) is 63.8 Å². The Morgan fingerprint density at radius 3 is 2.26 bits per heavy atom. The van der Waals surface area contributed by atoms with Crippen LogP contribution in [0.1, 0.15) is 41.7 Å². The van der Waals surface area contributed by atoms with E-state index < -0.39 is 40.9 Å². The molecular weight excluding hydrogens is 689 g/mol. The molecule has 0 saturated carbocycles. The van der Waals surface area contributed by atoms with Gasteiger partial charge in [0.15, 0.2) is 0 Å². The quantitative estimate of drug-likeness (QED) is 0.184. The third-order valence-corrected chi connectivity index (χ3v) is 9.24. The standard InChI is InChI=1S/C39H35F3N6O5/c1-38(2)35(50)48(31-17-14-28(21-43)32(20-31)39(40,41)42)36(51)47(38)23-29-10-6-7-11-33(29)44-30-15-12-26(13-16-30)22-45-18-19-46(24-34(45)49)37(52)53-25-27-8-4-3-5-9-27/h3-17,20,44H,18-19,22-25H2,1-2H3. The number of alkyl halides is 3. The Bertz CT molecular complexity index is 2080. The van der Waals surface area contributed by atoms with Crippen molar-refractivity contribution in [2.45, 2.75) is 45.3 Å². The Labute approximate surface area is 303 Å². The van der Waals surface area contributed by atoms with Gasteiger partial charge in [-0.3, -0.25) is 14.5 Å². The van der Waals surface area contributed by atoms with Crippen molar-refractivity contribution in [1.82, 2.24) is 14.7 Å². The van der Waals surface area contributed by atoms with Crippen LogP contribution in [0, 0.1) is 11.3 Å². The summed E-state index contributed by atoms with van der Waals surface area (Å²) < 4.78 is 46.4. The van der Waals surface area contributed by atoms with Crippen molar-refractivity contribution in [3.05, 3.63) is 125 Å². The zero-order chi connectivity index (χ0) is 37.9. The number of para-hydroxylation sites is 1. The summed E-state index contributed by atoms with van der Waals surface area (Å²) >= 11 is 0. The van der Waals surface area contributed by atoms with Gasteiger partial charge < -0.3 is 19.9 Å². The molecule has 11 nitrogen and oxygen atoms in total. The molecule has 0 aliphatic carbocycles. The van der Waals surface area contributed by atoms with E-state index in [1.54, 1.807) is 29.2 Å². The van der Waals surface area contributed by atoms with Gasteiger partial charge in [0.05, 0.1) is 29.4 Å². The van der Waals surface area contributed by atoms with Crippen molar-refractivity contribution in [3.63, 3.8) is 0 Å². The maximum atomic E-state index is 13.7. The molecule has 5 amide bonds. The summed E-state index contributed by atoms with van der Waals surface area (Å²) in [5.41, 5.74) is 0.192. The minimum atomic E-state index is -4.86. The first kappa shape index (κ1) is 36.4. The summed E-state index contributed by atoms with van der Waals surface area (Å²) in [6, 6.07) is 27.3. The molecule has 0 radical (unpaired) electrons. The van der Waals surface area contributed by atoms with Gasteiger partial charge in [-0.25, -0.2) is 14.5 Å². The number of benzene rings is 4. The lowest BCUT2D eigenvalue weighted by Gasteiger charge is -2.33. The number of nitrogens with zero attached hydrogens (tertiary/aromatic N) is 5. The zero-order valence-electron chi connectivity index (χ0n) is 28.9. The molecule has 53 heavy (non-hydrogen) atoms. The lowest BCUT2D eigenvalue weighted by Crippen LogP contribution is -2.51. The fourth-order valence-corrected chi connectivity index (χ4v) is 6.19. The first-order valence-corrected chi connectivity index (χ1v) is 16.7. The van der Waals surface area contributed by atoms with Crippen LogP contribution in [-0.2, 0) is 40.2 Å². The molecule has 4 aromatic carbocycles. The van der Waals surface area contributed by atoms with Crippen LogP contribution in [0.5, 0.6) is 0 Å². The number of carbonyl (C=O) groups excluding carboxylic acids is 4. The van der Waals surface area contributed by atoms with Crippen molar-refractivity contribution in [3.8, 4) is 6.07 Å². The Hall–Kier alpha value is -6.36.